The molecule has 2 aromatic rings. The first-order valence-electron chi connectivity index (χ1n) is 6.03. The van der Waals surface area contributed by atoms with Crippen LogP contribution in [-0.2, 0) is 23.1 Å². The SMILES string of the molecule is NS(=O)(=O)c1ccc(CNCc2ccccc2Br)cc1. The highest BCUT2D eigenvalue weighted by atomic mass is 79.9. The molecule has 0 fully saturated rings. The van der Waals surface area contributed by atoms with Gasteiger partial charge in [-0.1, -0.05) is 46.3 Å². The Morgan fingerprint density at radius 2 is 1.65 bits per heavy atom. The highest BCUT2D eigenvalue weighted by Gasteiger charge is 2.06. The summed E-state index contributed by atoms with van der Waals surface area (Å²) < 4.78 is 23.3. The van der Waals surface area contributed by atoms with E-state index in [2.05, 4.69) is 21.2 Å². The Kier molecular flexibility index (Phi) is 4.93. The van der Waals surface area contributed by atoms with E-state index in [0.29, 0.717) is 6.54 Å². The molecule has 0 atom stereocenters. The number of sulfonamides is 1. The molecule has 3 N–H and O–H groups in total. The zero-order valence-electron chi connectivity index (χ0n) is 10.7. The van der Waals surface area contributed by atoms with Crippen LogP contribution in [0.15, 0.2) is 57.9 Å². The molecule has 0 saturated carbocycles. The van der Waals surface area contributed by atoms with Gasteiger partial charge in [0.1, 0.15) is 0 Å². The fourth-order valence-corrected chi connectivity index (χ4v) is 2.72. The van der Waals surface area contributed by atoms with Gasteiger partial charge in [-0.15, -0.1) is 0 Å². The van der Waals surface area contributed by atoms with Crippen LogP contribution in [0, 0.1) is 0 Å². The van der Waals surface area contributed by atoms with Crippen LogP contribution in [0.2, 0.25) is 0 Å². The third-order valence-electron chi connectivity index (χ3n) is 2.85. The largest absolute Gasteiger partial charge is 0.309 e. The first-order valence-corrected chi connectivity index (χ1v) is 8.36. The molecule has 0 spiro atoms. The summed E-state index contributed by atoms with van der Waals surface area (Å²) in [4.78, 5) is 0.132. The summed E-state index contributed by atoms with van der Waals surface area (Å²) in [6.45, 7) is 1.39. The number of halogens is 1. The number of primary sulfonamides is 1. The lowest BCUT2D eigenvalue weighted by Crippen LogP contribution is -2.14. The fraction of sp³-hybridized carbons (Fsp3) is 0.143. The number of rotatable bonds is 5. The number of nitrogens with two attached hydrogens (primary N) is 1. The maximum atomic E-state index is 11.1. The lowest BCUT2D eigenvalue weighted by Gasteiger charge is -2.07. The van der Waals surface area contributed by atoms with E-state index in [9.17, 15) is 8.42 Å². The van der Waals surface area contributed by atoms with Crippen molar-refractivity contribution in [3.8, 4) is 0 Å². The molecule has 0 aromatic heterocycles. The Bertz CT molecular complexity index is 685. The second kappa shape index (κ2) is 6.49. The molecule has 0 amide bonds. The van der Waals surface area contributed by atoms with Crippen LogP contribution in [0.25, 0.3) is 0 Å². The minimum Gasteiger partial charge on any atom is -0.309 e. The second-order valence-electron chi connectivity index (χ2n) is 4.38. The predicted octanol–water partition coefficient (Wildman–Crippen LogP) is 2.39. The highest BCUT2D eigenvalue weighted by molar-refractivity contribution is 9.10. The molecule has 0 bridgehead atoms. The average Bonchev–Trinajstić information content (AvgIpc) is 2.40. The van der Waals surface area contributed by atoms with Gasteiger partial charge in [-0.25, -0.2) is 13.6 Å². The van der Waals surface area contributed by atoms with Crippen molar-refractivity contribution in [3.05, 3.63) is 64.1 Å². The quantitative estimate of drug-likeness (QED) is 0.865. The van der Waals surface area contributed by atoms with Crippen LogP contribution in [0.3, 0.4) is 0 Å². The Balaban J connectivity index is 1.94. The first kappa shape index (κ1) is 15.2. The first-order chi connectivity index (χ1) is 9.47. The molecule has 0 aliphatic heterocycles. The summed E-state index contributed by atoms with van der Waals surface area (Å²) >= 11 is 3.49. The maximum absolute atomic E-state index is 11.1. The molecule has 2 aromatic carbocycles. The minimum atomic E-state index is -3.62. The molecule has 20 heavy (non-hydrogen) atoms. The number of benzene rings is 2. The molecule has 106 valence electrons. The number of hydrogen-bond acceptors (Lipinski definition) is 3. The molecular formula is C14H15BrN2O2S. The van der Waals surface area contributed by atoms with Gasteiger partial charge >= 0.3 is 0 Å². The van der Waals surface area contributed by atoms with Crippen molar-refractivity contribution in [3.63, 3.8) is 0 Å². The monoisotopic (exact) mass is 354 g/mol. The summed E-state index contributed by atoms with van der Waals surface area (Å²) in [7, 11) is -3.62. The van der Waals surface area contributed by atoms with E-state index in [1.807, 2.05) is 24.3 Å². The number of nitrogens with one attached hydrogen (secondary N) is 1. The third kappa shape index (κ3) is 4.14. The van der Waals surface area contributed by atoms with Crippen LogP contribution < -0.4 is 10.5 Å². The van der Waals surface area contributed by atoms with Gasteiger partial charge in [-0.05, 0) is 29.3 Å². The lowest BCUT2D eigenvalue weighted by atomic mass is 10.2. The zero-order valence-corrected chi connectivity index (χ0v) is 13.1. The highest BCUT2D eigenvalue weighted by Crippen LogP contribution is 2.15. The average molecular weight is 355 g/mol. The van der Waals surface area contributed by atoms with Crippen molar-refractivity contribution in [1.29, 1.82) is 0 Å². The third-order valence-corrected chi connectivity index (χ3v) is 4.56. The van der Waals surface area contributed by atoms with Gasteiger partial charge in [0.05, 0.1) is 4.90 Å². The molecule has 6 heteroatoms. The molecule has 0 saturated heterocycles. The molecular weight excluding hydrogens is 340 g/mol. The van der Waals surface area contributed by atoms with E-state index in [1.165, 1.54) is 17.7 Å². The van der Waals surface area contributed by atoms with Gasteiger partial charge in [-0.2, -0.15) is 0 Å². The lowest BCUT2D eigenvalue weighted by molar-refractivity contribution is 0.597. The molecule has 0 heterocycles. The van der Waals surface area contributed by atoms with E-state index in [0.717, 1.165) is 16.6 Å². The molecule has 2 rings (SSSR count). The maximum Gasteiger partial charge on any atom is 0.238 e. The normalized spacial score (nSPS) is 11.5. The second-order valence-corrected chi connectivity index (χ2v) is 6.80. The molecule has 0 unspecified atom stereocenters. The van der Waals surface area contributed by atoms with Gasteiger partial charge in [0.2, 0.25) is 10.0 Å². The van der Waals surface area contributed by atoms with Crippen molar-refractivity contribution in [2.75, 3.05) is 0 Å². The van der Waals surface area contributed by atoms with Gasteiger partial charge < -0.3 is 5.32 Å². The van der Waals surface area contributed by atoms with Crippen molar-refractivity contribution in [1.82, 2.24) is 5.32 Å². The van der Waals surface area contributed by atoms with Gasteiger partial charge in [0.15, 0.2) is 0 Å². The van der Waals surface area contributed by atoms with Crippen molar-refractivity contribution < 1.29 is 8.42 Å². The summed E-state index contributed by atoms with van der Waals surface area (Å²) in [6.07, 6.45) is 0. The summed E-state index contributed by atoms with van der Waals surface area (Å²) in [5.74, 6) is 0. The van der Waals surface area contributed by atoms with Crippen molar-refractivity contribution >= 4 is 26.0 Å². The summed E-state index contributed by atoms with van der Waals surface area (Å²) in [5.41, 5.74) is 2.18. The van der Waals surface area contributed by atoms with E-state index >= 15 is 0 Å². The van der Waals surface area contributed by atoms with Crippen LogP contribution in [0.5, 0.6) is 0 Å². The van der Waals surface area contributed by atoms with Crippen LogP contribution in [0.4, 0.5) is 0 Å². The molecule has 0 aliphatic rings. The Hall–Kier alpha value is -1.21. The van der Waals surface area contributed by atoms with Gasteiger partial charge in [-0.3, -0.25) is 0 Å². The standard InChI is InChI=1S/C14H15BrN2O2S/c15-14-4-2-1-3-12(14)10-17-9-11-5-7-13(8-6-11)20(16,18)19/h1-8,17H,9-10H2,(H2,16,18,19). The Morgan fingerprint density at radius 1 is 1.00 bits per heavy atom. The van der Waals surface area contributed by atoms with E-state index in [-0.39, 0.29) is 4.90 Å². The van der Waals surface area contributed by atoms with Gasteiger partial charge in [0, 0.05) is 17.6 Å². The smallest absolute Gasteiger partial charge is 0.238 e. The summed E-state index contributed by atoms with van der Waals surface area (Å²) in [6, 6.07) is 14.6. The topological polar surface area (TPSA) is 72.2 Å². The van der Waals surface area contributed by atoms with Crippen LogP contribution in [-0.4, -0.2) is 8.42 Å². The molecule has 0 radical (unpaired) electrons. The van der Waals surface area contributed by atoms with Crippen molar-refractivity contribution in [2.24, 2.45) is 5.14 Å². The van der Waals surface area contributed by atoms with Crippen LogP contribution >= 0.6 is 15.9 Å². The van der Waals surface area contributed by atoms with E-state index in [1.54, 1.807) is 12.1 Å². The molecule has 4 nitrogen and oxygen atoms in total. The number of hydrogen-bond donors (Lipinski definition) is 2. The zero-order chi connectivity index (χ0) is 14.6. The Labute approximate surface area is 127 Å². The van der Waals surface area contributed by atoms with Gasteiger partial charge in [0.25, 0.3) is 0 Å². The minimum absolute atomic E-state index is 0.132. The van der Waals surface area contributed by atoms with Crippen LogP contribution in [0.1, 0.15) is 11.1 Å². The molecule has 0 aliphatic carbocycles. The predicted molar refractivity (Wildman–Crippen MR) is 82.5 cm³/mol. The van der Waals surface area contributed by atoms with E-state index in [4.69, 9.17) is 5.14 Å². The fourth-order valence-electron chi connectivity index (χ4n) is 1.78. The summed E-state index contributed by atoms with van der Waals surface area (Å²) in [5, 5.41) is 8.36. The van der Waals surface area contributed by atoms with Crippen molar-refractivity contribution in [2.45, 2.75) is 18.0 Å². The Morgan fingerprint density at radius 3 is 2.25 bits per heavy atom. The van der Waals surface area contributed by atoms with E-state index < -0.39 is 10.0 Å².